The molecule has 1 aromatic carbocycles. The lowest BCUT2D eigenvalue weighted by atomic mass is 10.2. The van der Waals surface area contributed by atoms with E-state index in [4.69, 9.17) is 4.74 Å². The molecule has 0 aliphatic heterocycles. The zero-order valence-corrected chi connectivity index (χ0v) is 10.6. The van der Waals surface area contributed by atoms with Crippen molar-refractivity contribution in [3.05, 3.63) is 35.9 Å². The van der Waals surface area contributed by atoms with Crippen LogP contribution in [0.1, 0.15) is 25.8 Å². The number of methoxy groups -OCH3 is 1. The van der Waals surface area contributed by atoms with Crippen molar-refractivity contribution in [1.29, 1.82) is 0 Å². The van der Waals surface area contributed by atoms with E-state index in [-0.39, 0.29) is 11.9 Å². The summed E-state index contributed by atoms with van der Waals surface area (Å²) in [5.74, 6) is 0.686. The van der Waals surface area contributed by atoms with Gasteiger partial charge in [-0.2, -0.15) is 0 Å². The average molecular weight is 233 g/mol. The molecule has 3 heteroatoms. The summed E-state index contributed by atoms with van der Waals surface area (Å²) in [6.45, 7) is 4.02. The Hall–Kier alpha value is -1.77. The van der Waals surface area contributed by atoms with Gasteiger partial charge in [-0.05, 0) is 25.5 Å². The van der Waals surface area contributed by atoms with Crippen molar-refractivity contribution in [2.24, 2.45) is 0 Å². The summed E-state index contributed by atoms with van der Waals surface area (Å²) in [6, 6.07) is 7.78. The molecule has 0 saturated heterocycles. The van der Waals surface area contributed by atoms with Crippen molar-refractivity contribution < 1.29 is 9.53 Å². The first kappa shape index (κ1) is 13.3. The summed E-state index contributed by atoms with van der Waals surface area (Å²) in [6.07, 6.45) is 4.22. The maximum absolute atomic E-state index is 11.5. The maximum Gasteiger partial charge on any atom is 0.244 e. The molecule has 1 amide bonds. The van der Waals surface area contributed by atoms with E-state index in [1.807, 2.05) is 38.1 Å². The van der Waals surface area contributed by atoms with Gasteiger partial charge in [0, 0.05) is 17.7 Å². The molecule has 0 spiro atoms. The van der Waals surface area contributed by atoms with Crippen LogP contribution >= 0.6 is 0 Å². The molecule has 92 valence electrons. The van der Waals surface area contributed by atoms with Gasteiger partial charge in [0.25, 0.3) is 0 Å². The molecule has 17 heavy (non-hydrogen) atoms. The van der Waals surface area contributed by atoms with Gasteiger partial charge in [-0.15, -0.1) is 0 Å². The smallest absolute Gasteiger partial charge is 0.244 e. The number of para-hydroxylation sites is 1. The highest BCUT2D eigenvalue weighted by molar-refractivity contribution is 5.92. The molecule has 1 N–H and O–H groups in total. The third kappa shape index (κ3) is 4.31. The molecule has 0 aliphatic rings. The van der Waals surface area contributed by atoms with E-state index in [1.165, 1.54) is 6.08 Å². The molecule has 0 saturated carbocycles. The van der Waals surface area contributed by atoms with Gasteiger partial charge in [0.1, 0.15) is 5.75 Å². The predicted molar refractivity (Wildman–Crippen MR) is 69.9 cm³/mol. The second kappa shape index (κ2) is 6.74. The van der Waals surface area contributed by atoms with Gasteiger partial charge >= 0.3 is 0 Å². The zero-order chi connectivity index (χ0) is 12.7. The quantitative estimate of drug-likeness (QED) is 0.794. The highest BCUT2D eigenvalue weighted by atomic mass is 16.5. The van der Waals surface area contributed by atoms with E-state index in [0.29, 0.717) is 0 Å². The minimum atomic E-state index is -0.0785. The Morgan fingerprint density at radius 2 is 2.18 bits per heavy atom. The minimum Gasteiger partial charge on any atom is -0.496 e. The Balaban J connectivity index is 2.67. The monoisotopic (exact) mass is 233 g/mol. The number of carbonyl (C=O) groups excluding carboxylic acids is 1. The molecule has 0 aromatic heterocycles. The fraction of sp³-hybridized carbons (Fsp3) is 0.357. The summed E-state index contributed by atoms with van der Waals surface area (Å²) >= 11 is 0. The SMILES string of the molecule is CC[C@@H](C)NC(=O)/C=C/c1ccccc1OC. The second-order valence-electron chi connectivity index (χ2n) is 3.89. The highest BCUT2D eigenvalue weighted by Gasteiger charge is 2.02. The standard InChI is InChI=1S/C14H19NO2/c1-4-11(2)15-14(16)10-9-12-7-5-6-8-13(12)17-3/h5-11H,4H2,1-3H3,(H,15,16)/b10-9+/t11-/m1/s1. The average Bonchev–Trinajstić information content (AvgIpc) is 2.36. The van der Waals surface area contributed by atoms with Crippen LogP contribution in [0.3, 0.4) is 0 Å². The molecular formula is C14H19NO2. The van der Waals surface area contributed by atoms with Crippen molar-refractivity contribution in [1.82, 2.24) is 5.32 Å². The molecule has 0 fully saturated rings. The van der Waals surface area contributed by atoms with Crippen LogP contribution in [0.15, 0.2) is 30.3 Å². The number of amides is 1. The third-order valence-electron chi connectivity index (χ3n) is 2.55. The molecule has 1 aromatic rings. The van der Waals surface area contributed by atoms with Crippen molar-refractivity contribution in [2.75, 3.05) is 7.11 Å². The molecule has 0 bridgehead atoms. The van der Waals surface area contributed by atoms with Crippen molar-refractivity contribution in [2.45, 2.75) is 26.3 Å². The Kier molecular flexibility index (Phi) is 5.27. The third-order valence-corrected chi connectivity index (χ3v) is 2.55. The van der Waals surface area contributed by atoms with E-state index in [0.717, 1.165) is 17.7 Å². The van der Waals surface area contributed by atoms with Gasteiger partial charge in [0.05, 0.1) is 7.11 Å². The summed E-state index contributed by atoms with van der Waals surface area (Å²) in [7, 11) is 1.62. The first-order chi connectivity index (χ1) is 8.17. The number of rotatable bonds is 5. The molecule has 1 rings (SSSR count). The topological polar surface area (TPSA) is 38.3 Å². The van der Waals surface area contributed by atoms with Crippen molar-refractivity contribution >= 4 is 12.0 Å². The number of carbonyl (C=O) groups is 1. The van der Waals surface area contributed by atoms with E-state index >= 15 is 0 Å². The molecule has 0 heterocycles. The van der Waals surface area contributed by atoms with Crippen LogP contribution in [0, 0.1) is 0 Å². The molecule has 0 radical (unpaired) electrons. The van der Waals surface area contributed by atoms with E-state index in [2.05, 4.69) is 5.32 Å². The van der Waals surface area contributed by atoms with E-state index in [1.54, 1.807) is 13.2 Å². The lowest BCUT2D eigenvalue weighted by Crippen LogP contribution is -2.30. The number of ether oxygens (including phenoxy) is 1. The van der Waals surface area contributed by atoms with Gasteiger partial charge in [0.2, 0.25) is 5.91 Å². The molecule has 0 unspecified atom stereocenters. The predicted octanol–water partition coefficient (Wildman–Crippen LogP) is 2.62. The first-order valence-electron chi connectivity index (χ1n) is 5.79. The second-order valence-corrected chi connectivity index (χ2v) is 3.89. The van der Waals surface area contributed by atoms with Crippen molar-refractivity contribution in [3.63, 3.8) is 0 Å². The van der Waals surface area contributed by atoms with Crippen LogP contribution in [-0.4, -0.2) is 19.1 Å². The number of hydrogen-bond acceptors (Lipinski definition) is 2. The molecule has 0 aliphatic carbocycles. The van der Waals surface area contributed by atoms with Crippen LogP contribution in [0.2, 0.25) is 0 Å². The van der Waals surface area contributed by atoms with Gasteiger partial charge in [-0.3, -0.25) is 4.79 Å². The van der Waals surface area contributed by atoms with Gasteiger partial charge < -0.3 is 10.1 Å². The highest BCUT2D eigenvalue weighted by Crippen LogP contribution is 2.18. The summed E-state index contributed by atoms with van der Waals surface area (Å²) in [5.41, 5.74) is 0.898. The van der Waals surface area contributed by atoms with Crippen LogP contribution in [0.4, 0.5) is 0 Å². The maximum atomic E-state index is 11.5. The lowest BCUT2D eigenvalue weighted by Gasteiger charge is -2.08. The van der Waals surface area contributed by atoms with Crippen LogP contribution < -0.4 is 10.1 Å². The Morgan fingerprint density at radius 1 is 1.47 bits per heavy atom. The van der Waals surface area contributed by atoms with Crippen molar-refractivity contribution in [3.8, 4) is 5.75 Å². The normalized spacial score (nSPS) is 12.4. The van der Waals surface area contributed by atoms with Crippen LogP contribution in [-0.2, 0) is 4.79 Å². The summed E-state index contributed by atoms with van der Waals surface area (Å²) < 4.78 is 5.20. The fourth-order valence-electron chi connectivity index (χ4n) is 1.36. The number of benzene rings is 1. The zero-order valence-electron chi connectivity index (χ0n) is 10.6. The minimum absolute atomic E-state index is 0.0785. The largest absolute Gasteiger partial charge is 0.496 e. The van der Waals surface area contributed by atoms with Crippen LogP contribution in [0.5, 0.6) is 5.75 Å². The van der Waals surface area contributed by atoms with Gasteiger partial charge in [-0.1, -0.05) is 25.1 Å². The molecular weight excluding hydrogens is 214 g/mol. The van der Waals surface area contributed by atoms with Gasteiger partial charge in [-0.25, -0.2) is 0 Å². The lowest BCUT2D eigenvalue weighted by molar-refractivity contribution is -0.117. The Labute approximate surface area is 102 Å². The Morgan fingerprint density at radius 3 is 2.82 bits per heavy atom. The number of hydrogen-bond donors (Lipinski definition) is 1. The van der Waals surface area contributed by atoms with E-state index < -0.39 is 0 Å². The molecule has 3 nitrogen and oxygen atoms in total. The number of nitrogens with one attached hydrogen (secondary N) is 1. The van der Waals surface area contributed by atoms with Crippen LogP contribution in [0.25, 0.3) is 6.08 Å². The first-order valence-corrected chi connectivity index (χ1v) is 5.79. The summed E-state index contributed by atoms with van der Waals surface area (Å²) in [4.78, 5) is 11.5. The Bertz CT molecular complexity index is 399. The fourth-order valence-corrected chi connectivity index (χ4v) is 1.36. The molecule has 1 atom stereocenters. The van der Waals surface area contributed by atoms with E-state index in [9.17, 15) is 4.79 Å². The van der Waals surface area contributed by atoms with Gasteiger partial charge in [0.15, 0.2) is 0 Å². The summed E-state index contributed by atoms with van der Waals surface area (Å²) in [5, 5.41) is 2.87.